The molecular weight excluding hydrogens is 164 g/mol. The van der Waals surface area contributed by atoms with Crippen LogP contribution in [0, 0.1) is 0 Å². The van der Waals surface area contributed by atoms with Gasteiger partial charge in [0.15, 0.2) is 0 Å². The topological polar surface area (TPSA) is 37.3 Å². The van der Waals surface area contributed by atoms with Gasteiger partial charge in [0.1, 0.15) is 12.0 Å². The molecule has 1 aliphatic rings. The molecule has 2 nitrogen and oxygen atoms in total. The number of rotatable bonds is 1. The van der Waals surface area contributed by atoms with Crippen molar-refractivity contribution in [2.24, 2.45) is 0 Å². The third-order valence-corrected chi connectivity index (χ3v) is 2.60. The second-order valence-electron chi connectivity index (χ2n) is 3.50. The summed E-state index contributed by atoms with van der Waals surface area (Å²) in [5.74, 6) is 0.291. The van der Waals surface area contributed by atoms with Gasteiger partial charge >= 0.3 is 0 Å². The van der Waals surface area contributed by atoms with E-state index < -0.39 is 0 Å². The Morgan fingerprint density at radius 3 is 2.77 bits per heavy atom. The maximum Gasteiger partial charge on any atom is 0.150 e. The zero-order valence-corrected chi connectivity index (χ0v) is 7.42. The fraction of sp³-hybridized carbons (Fsp3) is 0.364. The molecule has 0 atom stereocenters. The molecule has 0 aromatic heterocycles. The molecular formula is C11H12O2. The molecule has 0 unspecified atom stereocenters. The Bertz CT molecular complexity index is 342. The van der Waals surface area contributed by atoms with E-state index in [1.54, 1.807) is 6.07 Å². The standard InChI is InChI=1S/C11H12O2/c12-7-8-5-9-3-1-2-4-10(9)11(13)6-8/h5-7,13H,1-4H2. The first-order valence-corrected chi connectivity index (χ1v) is 4.61. The highest BCUT2D eigenvalue weighted by atomic mass is 16.3. The van der Waals surface area contributed by atoms with Gasteiger partial charge in [0.25, 0.3) is 0 Å². The first-order chi connectivity index (χ1) is 6.31. The van der Waals surface area contributed by atoms with Crippen LogP contribution in [0.3, 0.4) is 0 Å². The maximum absolute atomic E-state index is 10.5. The van der Waals surface area contributed by atoms with E-state index in [0.717, 1.165) is 43.1 Å². The number of carbonyl (C=O) groups excluding carboxylic acids is 1. The van der Waals surface area contributed by atoms with Gasteiger partial charge in [0.2, 0.25) is 0 Å². The molecule has 1 aliphatic carbocycles. The second-order valence-corrected chi connectivity index (χ2v) is 3.50. The normalized spacial score (nSPS) is 15.1. The fourth-order valence-corrected chi connectivity index (χ4v) is 1.94. The highest BCUT2D eigenvalue weighted by molar-refractivity contribution is 5.76. The van der Waals surface area contributed by atoms with E-state index in [4.69, 9.17) is 0 Å². The Hall–Kier alpha value is -1.31. The molecule has 2 heteroatoms. The first-order valence-electron chi connectivity index (χ1n) is 4.61. The van der Waals surface area contributed by atoms with Gasteiger partial charge in [-0.3, -0.25) is 4.79 Å². The minimum absolute atomic E-state index is 0.291. The van der Waals surface area contributed by atoms with Crippen LogP contribution in [0.1, 0.15) is 34.3 Å². The van der Waals surface area contributed by atoms with Crippen molar-refractivity contribution in [3.63, 3.8) is 0 Å². The summed E-state index contributed by atoms with van der Waals surface area (Å²) in [7, 11) is 0. The molecule has 0 bridgehead atoms. The lowest BCUT2D eigenvalue weighted by Crippen LogP contribution is -2.03. The van der Waals surface area contributed by atoms with Gasteiger partial charge < -0.3 is 5.11 Å². The summed E-state index contributed by atoms with van der Waals surface area (Å²) in [6, 6.07) is 3.44. The third-order valence-electron chi connectivity index (χ3n) is 2.60. The van der Waals surface area contributed by atoms with Gasteiger partial charge in [-0.15, -0.1) is 0 Å². The van der Waals surface area contributed by atoms with Crippen LogP contribution in [0.15, 0.2) is 12.1 Å². The van der Waals surface area contributed by atoms with Crippen LogP contribution in [0.25, 0.3) is 0 Å². The summed E-state index contributed by atoms with van der Waals surface area (Å²) in [5.41, 5.74) is 2.77. The molecule has 0 heterocycles. The van der Waals surface area contributed by atoms with E-state index in [9.17, 15) is 9.90 Å². The van der Waals surface area contributed by atoms with Crippen LogP contribution in [-0.2, 0) is 12.8 Å². The summed E-state index contributed by atoms with van der Waals surface area (Å²) in [6.45, 7) is 0. The number of fused-ring (bicyclic) bond motifs is 1. The van der Waals surface area contributed by atoms with Crippen molar-refractivity contribution in [1.29, 1.82) is 0 Å². The Morgan fingerprint density at radius 2 is 2.00 bits per heavy atom. The van der Waals surface area contributed by atoms with E-state index in [-0.39, 0.29) is 0 Å². The summed E-state index contributed by atoms with van der Waals surface area (Å²) in [4.78, 5) is 10.5. The lowest BCUT2D eigenvalue weighted by molar-refractivity contribution is 0.112. The maximum atomic E-state index is 10.5. The predicted octanol–water partition coefficient (Wildman–Crippen LogP) is 2.08. The van der Waals surface area contributed by atoms with Crippen molar-refractivity contribution in [3.8, 4) is 5.75 Å². The summed E-state index contributed by atoms with van der Waals surface area (Å²) in [5, 5.41) is 9.61. The SMILES string of the molecule is O=Cc1cc(O)c2c(c1)CCCC2. The molecule has 0 amide bonds. The van der Waals surface area contributed by atoms with Crippen LogP contribution in [0.2, 0.25) is 0 Å². The number of carbonyl (C=O) groups is 1. The molecule has 0 radical (unpaired) electrons. The summed E-state index contributed by atoms with van der Waals surface area (Å²) >= 11 is 0. The molecule has 0 saturated carbocycles. The molecule has 2 rings (SSSR count). The van der Waals surface area contributed by atoms with Crippen LogP contribution in [-0.4, -0.2) is 11.4 Å². The van der Waals surface area contributed by atoms with Crippen molar-refractivity contribution in [2.45, 2.75) is 25.7 Å². The molecule has 0 fully saturated rings. The Morgan fingerprint density at radius 1 is 1.23 bits per heavy atom. The number of phenols is 1. The van der Waals surface area contributed by atoms with Crippen molar-refractivity contribution < 1.29 is 9.90 Å². The summed E-state index contributed by atoms with van der Waals surface area (Å²) in [6.07, 6.45) is 5.02. The van der Waals surface area contributed by atoms with Crippen molar-refractivity contribution in [2.75, 3.05) is 0 Å². The van der Waals surface area contributed by atoms with Crippen LogP contribution in [0.4, 0.5) is 0 Å². The van der Waals surface area contributed by atoms with E-state index in [1.165, 1.54) is 0 Å². The lowest BCUT2D eigenvalue weighted by atomic mass is 9.90. The first kappa shape index (κ1) is 8.30. The Kier molecular flexibility index (Phi) is 2.05. The van der Waals surface area contributed by atoms with E-state index in [0.29, 0.717) is 11.3 Å². The molecule has 1 aromatic carbocycles. The molecule has 1 N–H and O–H groups in total. The smallest absolute Gasteiger partial charge is 0.150 e. The average molecular weight is 176 g/mol. The predicted molar refractivity (Wildman–Crippen MR) is 50.1 cm³/mol. The van der Waals surface area contributed by atoms with Crippen molar-refractivity contribution >= 4 is 6.29 Å². The molecule has 0 aliphatic heterocycles. The number of aromatic hydroxyl groups is 1. The summed E-state index contributed by atoms with van der Waals surface area (Å²) < 4.78 is 0. The van der Waals surface area contributed by atoms with Gasteiger partial charge in [0.05, 0.1) is 0 Å². The Balaban J connectivity index is 2.52. The van der Waals surface area contributed by atoms with Gasteiger partial charge in [-0.1, -0.05) is 0 Å². The molecule has 0 spiro atoms. The van der Waals surface area contributed by atoms with E-state index in [2.05, 4.69) is 0 Å². The molecule has 68 valence electrons. The second kappa shape index (κ2) is 3.21. The number of aldehydes is 1. The quantitative estimate of drug-likeness (QED) is 0.665. The van der Waals surface area contributed by atoms with Gasteiger partial charge in [-0.05, 0) is 48.9 Å². The largest absolute Gasteiger partial charge is 0.508 e. The van der Waals surface area contributed by atoms with Gasteiger partial charge in [-0.2, -0.15) is 0 Å². The number of phenolic OH excluding ortho intramolecular Hbond substituents is 1. The number of benzene rings is 1. The van der Waals surface area contributed by atoms with Crippen molar-refractivity contribution in [1.82, 2.24) is 0 Å². The highest BCUT2D eigenvalue weighted by Gasteiger charge is 2.13. The number of aryl methyl sites for hydroxylation is 1. The fourth-order valence-electron chi connectivity index (χ4n) is 1.94. The molecule has 1 aromatic rings. The molecule has 0 saturated heterocycles. The van der Waals surface area contributed by atoms with E-state index in [1.807, 2.05) is 6.07 Å². The minimum atomic E-state index is 0.291. The number of hydrogen-bond donors (Lipinski definition) is 1. The zero-order valence-electron chi connectivity index (χ0n) is 7.42. The Labute approximate surface area is 77.2 Å². The molecule has 13 heavy (non-hydrogen) atoms. The monoisotopic (exact) mass is 176 g/mol. The van der Waals surface area contributed by atoms with Gasteiger partial charge in [-0.25, -0.2) is 0 Å². The van der Waals surface area contributed by atoms with Gasteiger partial charge in [0, 0.05) is 5.56 Å². The lowest BCUT2D eigenvalue weighted by Gasteiger charge is -2.16. The third kappa shape index (κ3) is 1.44. The average Bonchev–Trinajstić information content (AvgIpc) is 2.18. The number of hydrogen-bond acceptors (Lipinski definition) is 2. The zero-order chi connectivity index (χ0) is 9.26. The van der Waals surface area contributed by atoms with E-state index >= 15 is 0 Å². The van der Waals surface area contributed by atoms with Crippen molar-refractivity contribution in [3.05, 3.63) is 28.8 Å². The highest BCUT2D eigenvalue weighted by Crippen LogP contribution is 2.29. The minimum Gasteiger partial charge on any atom is -0.508 e. The van der Waals surface area contributed by atoms with Crippen LogP contribution < -0.4 is 0 Å². The van der Waals surface area contributed by atoms with Crippen LogP contribution >= 0.6 is 0 Å². The van der Waals surface area contributed by atoms with Crippen LogP contribution in [0.5, 0.6) is 5.75 Å².